The molecule has 0 unspecified atom stereocenters. The number of anilines is 7. The zero-order valence-electron chi connectivity index (χ0n) is 21.4. The minimum Gasteiger partial charge on any atom is -0.494 e. The summed E-state index contributed by atoms with van der Waals surface area (Å²) in [4.78, 5) is 2.15. The largest absolute Gasteiger partial charge is 0.494 e. The van der Waals surface area contributed by atoms with E-state index in [9.17, 15) is 0 Å². The third-order valence-electron chi connectivity index (χ3n) is 5.42. The van der Waals surface area contributed by atoms with Crippen molar-refractivity contribution in [1.82, 2.24) is 4.90 Å². The first kappa shape index (κ1) is 26.3. The van der Waals surface area contributed by atoms with Crippen molar-refractivity contribution in [2.24, 2.45) is 0 Å². The molecule has 8 heteroatoms. The van der Waals surface area contributed by atoms with E-state index in [-0.39, 0.29) is 0 Å². The van der Waals surface area contributed by atoms with Gasteiger partial charge >= 0.3 is 0 Å². The molecule has 0 aliphatic heterocycles. The highest BCUT2D eigenvalue weighted by molar-refractivity contribution is 5.85. The van der Waals surface area contributed by atoms with E-state index in [1.807, 2.05) is 68.8 Å². The molecule has 0 spiro atoms. The fourth-order valence-corrected chi connectivity index (χ4v) is 3.50. The number of ether oxygens (including phenoxy) is 1. The molecule has 3 rings (SSSR count). The smallest absolute Gasteiger partial charge is 0.183 e. The van der Waals surface area contributed by atoms with Crippen LogP contribution in [-0.2, 0) is 0 Å². The van der Waals surface area contributed by atoms with Crippen molar-refractivity contribution in [2.75, 3.05) is 61.2 Å². The van der Waals surface area contributed by atoms with E-state index in [1.165, 1.54) is 0 Å². The van der Waals surface area contributed by atoms with Crippen molar-refractivity contribution in [1.29, 1.82) is 0 Å². The van der Waals surface area contributed by atoms with Gasteiger partial charge in [0.2, 0.25) is 0 Å². The molecule has 0 aliphatic carbocycles. The van der Waals surface area contributed by atoms with Crippen LogP contribution in [0.3, 0.4) is 0 Å². The number of nitrogens with zero attached hydrogens (tertiary/aromatic N) is 2. The van der Waals surface area contributed by atoms with Gasteiger partial charge < -0.3 is 37.1 Å². The first-order chi connectivity index (χ1) is 17.3. The second kappa shape index (κ2) is 12.9. The van der Waals surface area contributed by atoms with Gasteiger partial charge in [0.15, 0.2) is 6.20 Å². The van der Waals surface area contributed by atoms with E-state index in [2.05, 4.69) is 46.7 Å². The molecule has 7 N–H and O–H groups in total. The van der Waals surface area contributed by atoms with Crippen molar-refractivity contribution in [3.63, 3.8) is 0 Å². The van der Waals surface area contributed by atoms with E-state index >= 15 is 0 Å². The van der Waals surface area contributed by atoms with Crippen molar-refractivity contribution in [2.45, 2.75) is 13.3 Å². The van der Waals surface area contributed by atoms with E-state index in [0.29, 0.717) is 18.0 Å². The van der Waals surface area contributed by atoms with Crippen LogP contribution in [0.4, 0.5) is 39.8 Å². The van der Waals surface area contributed by atoms with Crippen LogP contribution < -0.4 is 32.2 Å². The van der Waals surface area contributed by atoms with Crippen LogP contribution in [0.2, 0.25) is 0 Å². The predicted octanol–water partition coefficient (Wildman–Crippen LogP) is 5.28. The standard InChI is InChI=1S/C28H38N7O/c1-5-36-24-13-11-23(12-14-24)33-28-20-27(25(29)19-26(28)30)32-22-9-7-21(8-10-22)31-15-6-16-35(4)18-17-34(2)3/h7-14,17-20,31-33H,2,5-6,15-16,29-30H2,1,3-4H3/q+1/b18-17-. The van der Waals surface area contributed by atoms with Gasteiger partial charge in [-0.3, -0.25) is 0 Å². The topological polar surface area (TPSA) is 104 Å². The maximum absolute atomic E-state index is 6.24. The average Bonchev–Trinajstić information content (AvgIpc) is 2.85. The molecular formula is C28H38N7O+. The summed E-state index contributed by atoms with van der Waals surface area (Å²) in [6, 6.07) is 19.6. The van der Waals surface area contributed by atoms with Crippen molar-refractivity contribution < 1.29 is 9.31 Å². The Morgan fingerprint density at radius 3 is 2.03 bits per heavy atom. The second-order valence-electron chi connectivity index (χ2n) is 8.63. The second-order valence-corrected chi connectivity index (χ2v) is 8.63. The summed E-state index contributed by atoms with van der Waals surface area (Å²) < 4.78 is 7.29. The maximum atomic E-state index is 6.24. The van der Waals surface area contributed by atoms with E-state index < -0.39 is 0 Å². The molecule has 0 saturated heterocycles. The highest BCUT2D eigenvalue weighted by Crippen LogP contribution is 2.34. The van der Waals surface area contributed by atoms with Crippen molar-refractivity contribution in [3.05, 3.63) is 73.1 Å². The highest BCUT2D eigenvalue weighted by atomic mass is 16.5. The molecule has 0 saturated carbocycles. The molecule has 36 heavy (non-hydrogen) atoms. The number of nitrogens with one attached hydrogen (secondary N) is 3. The lowest BCUT2D eigenvalue weighted by molar-refractivity contribution is -0.412. The molecule has 0 atom stereocenters. The monoisotopic (exact) mass is 488 g/mol. The van der Waals surface area contributed by atoms with Crippen LogP contribution in [0.1, 0.15) is 13.3 Å². The number of nitrogen functional groups attached to an aromatic ring is 2. The molecule has 3 aromatic carbocycles. The van der Waals surface area contributed by atoms with Crippen LogP contribution in [0.15, 0.2) is 73.1 Å². The van der Waals surface area contributed by atoms with Crippen LogP contribution >= 0.6 is 0 Å². The molecule has 8 nitrogen and oxygen atoms in total. The predicted molar refractivity (Wildman–Crippen MR) is 154 cm³/mol. The minimum absolute atomic E-state index is 0.575. The Hall–Kier alpha value is -4.33. The summed E-state index contributed by atoms with van der Waals surface area (Å²) in [6.07, 6.45) is 4.98. The lowest BCUT2D eigenvalue weighted by Gasteiger charge is -2.16. The number of benzene rings is 3. The lowest BCUT2D eigenvalue weighted by atomic mass is 10.2. The molecule has 0 bridgehead atoms. The molecule has 0 amide bonds. The highest BCUT2D eigenvalue weighted by Gasteiger charge is 2.08. The van der Waals surface area contributed by atoms with Crippen LogP contribution in [0, 0.1) is 0 Å². The van der Waals surface area contributed by atoms with Gasteiger partial charge in [0.25, 0.3) is 0 Å². The van der Waals surface area contributed by atoms with Gasteiger partial charge in [-0.15, -0.1) is 0 Å². The third-order valence-corrected chi connectivity index (χ3v) is 5.42. The number of rotatable bonds is 13. The van der Waals surface area contributed by atoms with Gasteiger partial charge in [-0.2, -0.15) is 0 Å². The molecule has 3 aromatic rings. The van der Waals surface area contributed by atoms with Crippen molar-refractivity contribution in [3.8, 4) is 5.75 Å². The quantitative estimate of drug-likeness (QED) is 0.0964. The van der Waals surface area contributed by atoms with E-state index in [1.54, 1.807) is 10.6 Å². The fourth-order valence-electron chi connectivity index (χ4n) is 3.50. The zero-order chi connectivity index (χ0) is 25.9. The number of hydrogen-bond acceptors (Lipinski definition) is 7. The van der Waals surface area contributed by atoms with E-state index in [4.69, 9.17) is 16.2 Å². The van der Waals surface area contributed by atoms with Crippen molar-refractivity contribution >= 4 is 46.5 Å². The van der Waals surface area contributed by atoms with Gasteiger partial charge in [-0.1, -0.05) is 0 Å². The average molecular weight is 489 g/mol. The summed E-state index contributed by atoms with van der Waals surface area (Å²) in [5, 5.41) is 10.2. The first-order valence-corrected chi connectivity index (χ1v) is 12.1. The molecule has 0 heterocycles. The van der Waals surface area contributed by atoms with E-state index in [0.717, 1.165) is 53.7 Å². The van der Waals surface area contributed by atoms with Crippen LogP contribution in [0.25, 0.3) is 0 Å². The summed E-state index contributed by atoms with van der Waals surface area (Å²) in [6.45, 7) is 8.24. The Morgan fingerprint density at radius 2 is 1.47 bits per heavy atom. The van der Waals surface area contributed by atoms with Gasteiger partial charge in [0.1, 0.15) is 19.5 Å². The number of hydrogen-bond donors (Lipinski definition) is 5. The van der Waals surface area contributed by atoms with Crippen LogP contribution in [0.5, 0.6) is 5.75 Å². The van der Waals surface area contributed by atoms with Gasteiger partial charge in [-0.25, -0.2) is 4.58 Å². The summed E-state index contributed by atoms with van der Waals surface area (Å²) in [5.41, 5.74) is 18.1. The molecular weight excluding hydrogens is 450 g/mol. The third kappa shape index (κ3) is 8.16. The Balaban J connectivity index is 1.56. The number of nitrogens with two attached hydrogens (primary N) is 2. The summed E-state index contributed by atoms with van der Waals surface area (Å²) >= 11 is 0. The summed E-state index contributed by atoms with van der Waals surface area (Å²) in [5.74, 6) is 0.830. The Bertz CT molecular complexity index is 1160. The lowest BCUT2D eigenvalue weighted by Crippen LogP contribution is -2.16. The molecule has 0 aromatic heterocycles. The molecule has 190 valence electrons. The fraction of sp³-hybridized carbons (Fsp3) is 0.250. The molecule has 0 aliphatic rings. The Morgan fingerprint density at radius 1 is 0.917 bits per heavy atom. The Kier molecular flexibility index (Phi) is 9.45. The SMILES string of the molecule is C=[N+](C)/C=C\N(C)CCCNc1ccc(Nc2cc(Nc3ccc(OCC)cc3)c(N)cc2N)cc1. The molecule has 0 radical (unpaired) electrons. The normalized spacial score (nSPS) is 10.8. The summed E-state index contributed by atoms with van der Waals surface area (Å²) in [7, 11) is 3.97. The van der Waals surface area contributed by atoms with Gasteiger partial charge in [0.05, 0.1) is 35.6 Å². The maximum Gasteiger partial charge on any atom is 0.183 e. The van der Waals surface area contributed by atoms with Gasteiger partial charge in [-0.05, 0) is 74.0 Å². The molecule has 0 fully saturated rings. The minimum atomic E-state index is 0.575. The van der Waals surface area contributed by atoms with Gasteiger partial charge in [0, 0.05) is 37.2 Å². The zero-order valence-corrected chi connectivity index (χ0v) is 21.4. The first-order valence-electron chi connectivity index (χ1n) is 12.1. The van der Waals surface area contributed by atoms with Crippen LogP contribution in [-0.4, -0.2) is 50.0 Å². The Labute approximate surface area is 214 Å².